The quantitative estimate of drug-likeness (QED) is 0.511. The van der Waals surface area contributed by atoms with Gasteiger partial charge < -0.3 is 15.0 Å². The molecule has 1 aromatic heterocycles. The summed E-state index contributed by atoms with van der Waals surface area (Å²) in [6, 6.07) is 12.1. The van der Waals surface area contributed by atoms with Crippen LogP contribution in [0, 0.1) is 5.82 Å². The molecule has 7 nitrogen and oxygen atoms in total. The van der Waals surface area contributed by atoms with Crippen molar-refractivity contribution in [3.05, 3.63) is 71.7 Å². The first-order valence-electron chi connectivity index (χ1n) is 10.9. The second-order valence-corrected chi connectivity index (χ2v) is 8.05. The summed E-state index contributed by atoms with van der Waals surface area (Å²) in [6.07, 6.45) is -3.88. The van der Waals surface area contributed by atoms with Gasteiger partial charge in [-0.1, -0.05) is 18.2 Å². The number of nitrogens with one attached hydrogen (secondary N) is 2. The van der Waals surface area contributed by atoms with E-state index in [1.54, 1.807) is 17.0 Å². The number of aromatic nitrogens is 2. The number of carbonyl (C=O) groups excluding carboxylic acids is 2. The Morgan fingerprint density at radius 3 is 2.54 bits per heavy atom. The van der Waals surface area contributed by atoms with Crippen LogP contribution < -0.4 is 10.1 Å². The van der Waals surface area contributed by atoms with E-state index in [0.717, 1.165) is 12.1 Å². The molecule has 2 N–H and O–H groups in total. The van der Waals surface area contributed by atoms with Crippen molar-refractivity contribution in [2.75, 3.05) is 19.6 Å². The first-order valence-corrected chi connectivity index (χ1v) is 10.9. The van der Waals surface area contributed by atoms with Gasteiger partial charge in [-0.15, -0.1) is 0 Å². The third-order valence-electron chi connectivity index (χ3n) is 5.63. The maximum absolute atomic E-state index is 13.9. The second kappa shape index (κ2) is 10.2. The second-order valence-electron chi connectivity index (χ2n) is 8.05. The SMILES string of the molecule is O=C(NCC(=O)N1CCC(Oc2cccc(C(F)(F)F)c2)CC1)c1cc(-c2ccccc2F)n[nH]1. The zero-order valence-corrected chi connectivity index (χ0v) is 18.4. The molecule has 3 aromatic rings. The van der Waals surface area contributed by atoms with Crippen molar-refractivity contribution in [2.45, 2.75) is 25.1 Å². The summed E-state index contributed by atoms with van der Waals surface area (Å²) in [7, 11) is 0. The summed E-state index contributed by atoms with van der Waals surface area (Å²) in [5.74, 6) is -1.20. The number of benzene rings is 2. The number of amides is 2. The molecule has 184 valence electrons. The van der Waals surface area contributed by atoms with E-state index >= 15 is 0 Å². The first kappa shape index (κ1) is 24.2. The highest BCUT2D eigenvalue weighted by atomic mass is 19.4. The summed E-state index contributed by atoms with van der Waals surface area (Å²) < 4.78 is 58.2. The number of aromatic amines is 1. The van der Waals surface area contributed by atoms with E-state index in [4.69, 9.17) is 4.74 Å². The molecule has 1 fully saturated rings. The number of nitrogens with zero attached hydrogens (tertiary/aromatic N) is 2. The molecule has 35 heavy (non-hydrogen) atoms. The minimum atomic E-state index is -4.45. The van der Waals surface area contributed by atoms with E-state index in [0.29, 0.717) is 25.9 Å². The smallest absolute Gasteiger partial charge is 0.416 e. The van der Waals surface area contributed by atoms with Crippen LogP contribution in [0.15, 0.2) is 54.6 Å². The van der Waals surface area contributed by atoms with Crippen LogP contribution in [-0.2, 0) is 11.0 Å². The molecule has 0 spiro atoms. The van der Waals surface area contributed by atoms with Crippen LogP contribution in [-0.4, -0.2) is 52.6 Å². The third kappa shape index (κ3) is 5.97. The Kier molecular flexibility index (Phi) is 7.04. The maximum Gasteiger partial charge on any atom is 0.416 e. The fraction of sp³-hybridized carbons (Fsp3) is 0.292. The summed E-state index contributed by atoms with van der Waals surface area (Å²) in [4.78, 5) is 26.4. The van der Waals surface area contributed by atoms with Crippen LogP contribution in [0.2, 0.25) is 0 Å². The molecule has 0 radical (unpaired) electrons. The van der Waals surface area contributed by atoms with Crippen molar-refractivity contribution < 1.29 is 31.9 Å². The van der Waals surface area contributed by atoms with Gasteiger partial charge in [0.1, 0.15) is 23.4 Å². The molecule has 2 heterocycles. The van der Waals surface area contributed by atoms with Crippen molar-refractivity contribution in [1.82, 2.24) is 20.4 Å². The van der Waals surface area contributed by atoms with E-state index in [9.17, 15) is 27.2 Å². The van der Waals surface area contributed by atoms with Crippen molar-refractivity contribution >= 4 is 11.8 Å². The molecular formula is C24H22F4N4O3. The van der Waals surface area contributed by atoms with Gasteiger partial charge in [0.05, 0.1) is 17.8 Å². The fourth-order valence-electron chi connectivity index (χ4n) is 3.77. The molecule has 1 aliphatic heterocycles. The number of carbonyl (C=O) groups is 2. The molecule has 0 aliphatic carbocycles. The average molecular weight is 490 g/mol. The van der Waals surface area contributed by atoms with Crippen LogP contribution in [0.25, 0.3) is 11.3 Å². The zero-order chi connectivity index (χ0) is 25.0. The van der Waals surface area contributed by atoms with Gasteiger partial charge in [-0.3, -0.25) is 14.7 Å². The molecule has 2 aromatic carbocycles. The number of H-pyrrole nitrogens is 1. The van der Waals surface area contributed by atoms with Crippen LogP contribution >= 0.6 is 0 Å². The number of piperidine rings is 1. The highest BCUT2D eigenvalue weighted by Gasteiger charge is 2.31. The predicted molar refractivity (Wildman–Crippen MR) is 118 cm³/mol. The van der Waals surface area contributed by atoms with Gasteiger partial charge in [0.15, 0.2) is 0 Å². The largest absolute Gasteiger partial charge is 0.490 e. The lowest BCUT2D eigenvalue weighted by molar-refractivity contribution is -0.138. The number of likely N-dealkylation sites (tertiary alicyclic amines) is 1. The molecule has 0 bridgehead atoms. The Bertz CT molecular complexity index is 1200. The molecule has 1 aliphatic rings. The third-order valence-corrected chi connectivity index (χ3v) is 5.63. The molecule has 11 heteroatoms. The monoisotopic (exact) mass is 490 g/mol. The predicted octanol–water partition coefficient (Wildman–Crippen LogP) is 4.03. The summed E-state index contributed by atoms with van der Waals surface area (Å²) >= 11 is 0. The molecule has 2 amide bonds. The van der Waals surface area contributed by atoms with E-state index in [1.165, 1.54) is 30.3 Å². The van der Waals surface area contributed by atoms with Crippen LogP contribution in [0.3, 0.4) is 0 Å². The van der Waals surface area contributed by atoms with Gasteiger partial charge in [-0.05, 0) is 36.4 Å². The number of hydrogen-bond donors (Lipinski definition) is 2. The standard InChI is InChI=1S/C24H22F4N4O3/c25-19-7-2-1-6-18(19)20-13-21(31-30-20)23(34)29-14-22(33)32-10-8-16(9-11-32)35-17-5-3-4-15(12-17)24(26,27)28/h1-7,12-13,16H,8-11,14H2,(H,29,34)(H,30,31). The van der Waals surface area contributed by atoms with Gasteiger partial charge in [-0.25, -0.2) is 4.39 Å². The molecule has 0 atom stereocenters. The van der Waals surface area contributed by atoms with Crippen LogP contribution in [0.1, 0.15) is 28.9 Å². The maximum atomic E-state index is 13.9. The molecule has 0 unspecified atom stereocenters. The average Bonchev–Trinajstić information content (AvgIpc) is 3.33. The lowest BCUT2D eigenvalue weighted by Gasteiger charge is -2.32. The highest BCUT2D eigenvalue weighted by Crippen LogP contribution is 2.32. The summed E-state index contributed by atoms with van der Waals surface area (Å²) in [6.45, 7) is 0.450. The molecule has 4 rings (SSSR count). The molecule has 1 saturated heterocycles. The topological polar surface area (TPSA) is 87.3 Å². The Labute approximate surface area is 198 Å². The molecule has 0 saturated carbocycles. The van der Waals surface area contributed by atoms with E-state index in [2.05, 4.69) is 15.5 Å². The normalized spacial score (nSPS) is 14.6. The van der Waals surface area contributed by atoms with E-state index in [1.807, 2.05) is 0 Å². The summed E-state index contributed by atoms with van der Waals surface area (Å²) in [5, 5.41) is 9.00. The van der Waals surface area contributed by atoms with Crippen molar-refractivity contribution in [3.8, 4) is 17.0 Å². The first-order chi connectivity index (χ1) is 16.7. The fourth-order valence-corrected chi connectivity index (χ4v) is 3.77. The van der Waals surface area contributed by atoms with Crippen LogP contribution in [0.5, 0.6) is 5.75 Å². The Hall–Kier alpha value is -3.89. The van der Waals surface area contributed by atoms with Crippen LogP contribution in [0.4, 0.5) is 17.6 Å². The molecular weight excluding hydrogens is 468 g/mol. The van der Waals surface area contributed by atoms with Gasteiger partial charge in [0.2, 0.25) is 5.91 Å². The number of hydrogen-bond acceptors (Lipinski definition) is 4. The Balaban J connectivity index is 1.25. The van der Waals surface area contributed by atoms with Gasteiger partial charge in [-0.2, -0.15) is 18.3 Å². The van der Waals surface area contributed by atoms with Crippen molar-refractivity contribution in [1.29, 1.82) is 0 Å². The van der Waals surface area contributed by atoms with E-state index < -0.39 is 23.5 Å². The van der Waals surface area contributed by atoms with Gasteiger partial charge in [0, 0.05) is 31.5 Å². The Morgan fingerprint density at radius 2 is 1.83 bits per heavy atom. The lowest BCUT2D eigenvalue weighted by atomic mass is 10.1. The number of alkyl halides is 3. The summed E-state index contributed by atoms with van der Waals surface area (Å²) in [5.41, 5.74) is -0.183. The Morgan fingerprint density at radius 1 is 1.09 bits per heavy atom. The minimum Gasteiger partial charge on any atom is -0.490 e. The van der Waals surface area contributed by atoms with Gasteiger partial charge >= 0.3 is 6.18 Å². The van der Waals surface area contributed by atoms with E-state index in [-0.39, 0.29) is 41.3 Å². The zero-order valence-electron chi connectivity index (χ0n) is 18.4. The van der Waals surface area contributed by atoms with Gasteiger partial charge in [0.25, 0.3) is 5.91 Å². The lowest BCUT2D eigenvalue weighted by Crippen LogP contribution is -2.46. The van der Waals surface area contributed by atoms with Crippen molar-refractivity contribution in [3.63, 3.8) is 0 Å². The number of ether oxygens (including phenoxy) is 1. The minimum absolute atomic E-state index is 0.0873. The number of halogens is 4. The number of rotatable bonds is 6. The van der Waals surface area contributed by atoms with Crippen molar-refractivity contribution in [2.24, 2.45) is 0 Å². The highest BCUT2D eigenvalue weighted by molar-refractivity contribution is 5.95.